The van der Waals surface area contributed by atoms with Crippen molar-refractivity contribution >= 4 is 11.7 Å². The first-order chi connectivity index (χ1) is 14.1. The molecule has 150 valence electrons. The van der Waals surface area contributed by atoms with Gasteiger partial charge in [0.1, 0.15) is 18.0 Å². The number of likely N-dealkylation sites (tertiary alicyclic amines) is 1. The minimum Gasteiger partial charge on any atom is -0.472 e. The number of benzene rings is 1. The average molecular weight is 395 g/mol. The molecule has 1 N–H and O–H groups in total. The van der Waals surface area contributed by atoms with Crippen molar-refractivity contribution in [3.05, 3.63) is 54.0 Å². The van der Waals surface area contributed by atoms with E-state index in [4.69, 9.17) is 10.00 Å². The maximum atomic E-state index is 14.0. The smallest absolute Gasteiger partial charge is 0.317 e. The highest BCUT2D eigenvalue weighted by atomic mass is 19.1. The molecule has 29 heavy (non-hydrogen) atoms. The predicted molar refractivity (Wildman–Crippen MR) is 105 cm³/mol. The molecule has 0 radical (unpaired) electrons. The highest BCUT2D eigenvalue weighted by Crippen LogP contribution is 2.24. The number of urea groups is 1. The van der Waals surface area contributed by atoms with Gasteiger partial charge in [-0.3, -0.25) is 0 Å². The molecule has 2 saturated heterocycles. The fourth-order valence-electron chi connectivity index (χ4n) is 3.77. The minimum atomic E-state index is -0.240. The maximum absolute atomic E-state index is 14.0. The first-order valence-corrected chi connectivity index (χ1v) is 9.70. The SMILES string of the molecule is N#Cc1ccc(OC2CCN(C(=O)NC3CCN(c4ccccc4F)C3)C2)nc1. The number of hydrogen-bond donors (Lipinski definition) is 1. The van der Waals surface area contributed by atoms with Gasteiger partial charge in [0.2, 0.25) is 5.88 Å². The van der Waals surface area contributed by atoms with Gasteiger partial charge < -0.3 is 19.9 Å². The quantitative estimate of drug-likeness (QED) is 0.860. The van der Waals surface area contributed by atoms with E-state index in [9.17, 15) is 9.18 Å². The van der Waals surface area contributed by atoms with Crippen LogP contribution in [0, 0.1) is 17.1 Å². The number of anilines is 1. The summed E-state index contributed by atoms with van der Waals surface area (Å²) >= 11 is 0. The van der Waals surface area contributed by atoms with Gasteiger partial charge in [-0.2, -0.15) is 5.26 Å². The lowest BCUT2D eigenvalue weighted by molar-refractivity contribution is 0.181. The molecule has 2 fully saturated rings. The van der Waals surface area contributed by atoms with Crippen molar-refractivity contribution in [2.45, 2.75) is 25.0 Å². The Morgan fingerprint density at radius 1 is 1.21 bits per heavy atom. The highest BCUT2D eigenvalue weighted by Gasteiger charge is 2.31. The maximum Gasteiger partial charge on any atom is 0.317 e. The number of aromatic nitrogens is 1. The third kappa shape index (κ3) is 4.40. The van der Waals surface area contributed by atoms with Gasteiger partial charge in [-0.05, 0) is 24.6 Å². The molecule has 2 atom stereocenters. The van der Waals surface area contributed by atoms with Crippen LogP contribution < -0.4 is 15.0 Å². The second-order valence-electron chi connectivity index (χ2n) is 7.30. The van der Waals surface area contributed by atoms with Crippen LogP contribution >= 0.6 is 0 Å². The number of ether oxygens (including phenoxy) is 1. The number of hydrogen-bond acceptors (Lipinski definition) is 5. The van der Waals surface area contributed by atoms with Crippen molar-refractivity contribution in [3.63, 3.8) is 0 Å². The molecule has 7 nitrogen and oxygen atoms in total. The van der Waals surface area contributed by atoms with Gasteiger partial charge in [0, 0.05) is 44.4 Å². The number of para-hydroxylation sites is 1. The van der Waals surface area contributed by atoms with Gasteiger partial charge in [0.15, 0.2) is 0 Å². The summed E-state index contributed by atoms with van der Waals surface area (Å²) in [5.74, 6) is 0.211. The van der Waals surface area contributed by atoms with E-state index in [1.165, 1.54) is 12.3 Å². The summed E-state index contributed by atoms with van der Waals surface area (Å²) < 4.78 is 19.8. The van der Waals surface area contributed by atoms with E-state index in [0.717, 1.165) is 12.8 Å². The molecular formula is C21H22FN5O2. The molecule has 1 aromatic carbocycles. The number of carbonyl (C=O) groups is 1. The molecule has 2 aromatic rings. The number of pyridine rings is 1. The monoisotopic (exact) mass is 395 g/mol. The summed E-state index contributed by atoms with van der Waals surface area (Å²) in [7, 11) is 0. The van der Waals surface area contributed by atoms with Gasteiger partial charge in [0.05, 0.1) is 17.8 Å². The Hall–Kier alpha value is -3.34. The molecule has 3 heterocycles. The van der Waals surface area contributed by atoms with Crippen molar-refractivity contribution in [1.82, 2.24) is 15.2 Å². The first-order valence-electron chi connectivity index (χ1n) is 9.70. The summed E-state index contributed by atoms with van der Waals surface area (Å²) in [6.45, 7) is 2.39. The number of nitrogens with one attached hydrogen (secondary N) is 1. The second kappa shape index (κ2) is 8.35. The number of nitrogens with zero attached hydrogens (tertiary/aromatic N) is 4. The van der Waals surface area contributed by atoms with Gasteiger partial charge in [-0.25, -0.2) is 14.2 Å². The fourth-order valence-corrected chi connectivity index (χ4v) is 3.77. The van der Waals surface area contributed by atoms with Gasteiger partial charge in [-0.15, -0.1) is 0 Å². The van der Waals surface area contributed by atoms with Crippen LogP contribution in [0.1, 0.15) is 18.4 Å². The molecule has 2 amide bonds. The molecule has 2 unspecified atom stereocenters. The number of halogens is 1. The molecule has 2 aliphatic heterocycles. The summed E-state index contributed by atoms with van der Waals surface area (Å²) in [6, 6.07) is 11.9. The van der Waals surface area contributed by atoms with Crippen molar-refractivity contribution in [2.75, 3.05) is 31.1 Å². The largest absolute Gasteiger partial charge is 0.472 e. The van der Waals surface area contributed by atoms with Gasteiger partial charge >= 0.3 is 6.03 Å². The Kier molecular flexibility index (Phi) is 5.47. The number of amides is 2. The number of nitriles is 1. The Bertz CT molecular complexity index is 914. The fraction of sp³-hybridized carbons (Fsp3) is 0.381. The summed E-state index contributed by atoms with van der Waals surface area (Å²) in [5, 5.41) is 11.9. The number of carbonyl (C=O) groups excluding carboxylic acids is 1. The van der Waals surface area contributed by atoms with E-state index in [1.807, 2.05) is 17.0 Å². The zero-order chi connectivity index (χ0) is 20.2. The van der Waals surface area contributed by atoms with Crippen LogP contribution in [0.4, 0.5) is 14.9 Å². The Morgan fingerprint density at radius 2 is 2.07 bits per heavy atom. The van der Waals surface area contributed by atoms with E-state index < -0.39 is 0 Å². The van der Waals surface area contributed by atoms with Crippen LogP contribution in [0.2, 0.25) is 0 Å². The Morgan fingerprint density at radius 3 is 2.83 bits per heavy atom. The van der Waals surface area contributed by atoms with Crippen LogP contribution in [0.5, 0.6) is 5.88 Å². The van der Waals surface area contributed by atoms with Crippen molar-refractivity contribution in [1.29, 1.82) is 5.26 Å². The van der Waals surface area contributed by atoms with Crippen LogP contribution in [0.3, 0.4) is 0 Å². The Labute approximate surface area is 168 Å². The third-order valence-electron chi connectivity index (χ3n) is 5.29. The molecule has 0 spiro atoms. The summed E-state index contributed by atoms with van der Waals surface area (Å²) in [4.78, 5) is 20.4. The summed E-state index contributed by atoms with van der Waals surface area (Å²) in [5.41, 5.74) is 1.06. The molecule has 0 saturated carbocycles. The molecule has 0 aliphatic carbocycles. The molecule has 8 heteroatoms. The van der Waals surface area contributed by atoms with Crippen molar-refractivity contribution < 1.29 is 13.9 Å². The highest BCUT2D eigenvalue weighted by molar-refractivity contribution is 5.75. The topological polar surface area (TPSA) is 81.5 Å². The molecule has 2 aliphatic rings. The number of rotatable bonds is 4. The molecule has 1 aromatic heterocycles. The third-order valence-corrected chi connectivity index (χ3v) is 5.29. The van der Waals surface area contributed by atoms with Crippen LogP contribution in [0.25, 0.3) is 0 Å². The van der Waals surface area contributed by atoms with Crippen molar-refractivity contribution in [3.8, 4) is 11.9 Å². The van der Waals surface area contributed by atoms with E-state index in [0.29, 0.717) is 43.3 Å². The zero-order valence-electron chi connectivity index (χ0n) is 15.9. The minimum absolute atomic E-state index is 0.0118. The Balaban J connectivity index is 1.26. The molecule has 0 bridgehead atoms. The molecular weight excluding hydrogens is 373 g/mol. The van der Waals surface area contributed by atoms with Crippen LogP contribution in [0.15, 0.2) is 42.6 Å². The average Bonchev–Trinajstić information content (AvgIpc) is 3.39. The van der Waals surface area contributed by atoms with E-state index in [2.05, 4.69) is 10.3 Å². The van der Waals surface area contributed by atoms with E-state index >= 15 is 0 Å². The van der Waals surface area contributed by atoms with Crippen LogP contribution in [-0.2, 0) is 0 Å². The van der Waals surface area contributed by atoms with Gasteiger partial charge in [0.25, 0.3) is 0 Å². The lowest BCUT2D eigenvalue weighted by Crippen LogP contribution is -2.45. The van der Waals surface area contributed by atoms with E-state index in [1.54, 1.807) is 29.2 Å². The summed E-state index contributed by atoms with van der Waals surface area (Å²) in [6.07, 6.45) is 2.85. The standard InChI is InChI=1S/C21H22FN5O2/c22-18-3-1-2-4-19(18)26-9-7-16(13-26)25-21(28)27-10-8-17(14-27)29-20-6-5-15(11-23)12-24-20/h1-6,12,16-17H,7-10,13-14H2,(H,25,28). The second-order valence-corrected chi connectivity index (χ2v) is 7.30. The zero-order valence-corrected chi connectivity index (χ0v) is 15.9. The lowest BCUT2D eigenvalue weighted by Gasteiger charge is -2.22. The molecule has 4 rings (SSSR count). The predicted octanol–water partition coefficient (Wildman–Crippen LogP) is 2.53. The van der Waals surface area contributed by atoms with Crippen LogP contribution in [-0.4, -0.2) is 54.2 Å². The lowest BCUT2D eigenvalue weighted by atomic mass is 10.2. The van der Waals surface area contributed by atoms with Gasteiger partial charge in [-0.1, -0.05) is 12.1 Å². The first kappa shape index (κ1) is 19.0. The van der Waals surface area contributed by atoms with E-state index in [-0.39, 0.29) is 24.0 Å². The van der Waals surface area contributed by atoms with Crippen molar-refractivity contribution in [2.24, 2.45) is 0 Å². The normalized spacial score (nSPS) is 21.1.